The molecule has 0 amide bonds. The van der Waals surface area contributed by atoms with E-state index in [1.54, 1.807) is 20.2 Å². The summed E-state index contributed by atoms with van der Waals surface area (Å²) in [6.45, 7) is 1.67. The average molecular weight is 384 g/mol. The van der Waals surface area contributed by atoms with Crippen LogP contribution in [0.15, 0.2) is 29.5 Å². The van der Waals surface area contributed by atoms with E-state index in [4.69, 9.17) is 0 Å². The number of alkyl halides is 3. The molecule has 0 aromatic carbocycles. The van der Waals surface area contributed by atoms with Crippen molar-refractivity contribution in [3.63, 3.8) is 0 Å². The largest absolute Gasteiger partial charge is 0.433 e. The van der Waals surface area contributed by atoms with Gasteiger partial charge >= 0.3 is 6.18 Å². The maximum Gasteiger partial charge on any atom is 0.433 e. The number of hydrazone groups is 1. The van der Waals surface area contributed by atoms with Crippen molar-refractivity contribution in [3.8, 4) is 11.3 Å². The van der Waals surface area contributed by atoms with Gasteiger partial charge in [-0.1, -0.05) is 0 Å². The van der Waals surface area contributed by atoms with Crippen LogP contribution in [0.3, 0.4) is 0 Å². The molecule has 0 aliphatic heterocycles. The summed E-state index contributed by atoms with van der Waals surface area (Å²) in [5.74, 6) is -0.327. The van der Waals surface area contributed by atoms with E-state index in [1.807, 2.05) is 0 Å². The maximum atomic E-state index is 13.1. The third-order valence-electron chi connectivity index (χ3n) is 3.26. The minimum atomic E-state index is -4.65. The van der Waals surface area contributed by atoms with Gasteiger partial charge in [-0.15, -0.1) is 11.3 Å². The summed E-state index contributed by atoms with van der Waals surface area (Å²) in [5.41, 5.74) is 2.30. The lowest BCUT2D eigenvalue weighted by molar-refractivity contribution is -0.141. The van der Waals surface area contributed by atoms with Crippen molar-refractivity contribution in [2.45, 2.75) is 13.1 Å². The van der Waals surface area contributed by atoms with Crippen molar-refractivity contribution in [1.29, 1.82) is 0 Å². The molecular formula is C15H12F4N6S. The predicted molar refractivity (Wildman–Crippen MR) is 89.5 cm³/mol. The van der Waals surface area contributed by atoms with Gasteiger partial charge in [-0.25, -0.2) is 15.4 Å². The van der Waals surface area contributed by atoms with Gasteiger partial charge < -0.3 is 0 Å². The molecule has 3 aromatic heterocycles. The van der Waals surface area contributed by atoms with Gasteiger partial charge in [0, 0.05) is 18.8 Å². The molecule has 0 saturated carbocycles. The van der Waals surface area contributed by atoms with Crippen LogP contribution in [0.1, 0.15) is 16.3 Å². The number of rotatable bonds is 4. The van der Waals surface area contributed by atoms with Gasteiger partial charge in [0.1, 0.15) is 0 Å². The quantitative estimate of drug-likeness (QED) is 0.422. The Morgan fingerprint density at radius 3 is 2.62 bits per heavy atom. The van der Waals surface area contributed by atoms with Crippen LogP contribution >= 0.6 is 11.3 Å². The highest BCUT2D eigenvalue weighted by molar-refractivity contribution is 7.12. The molecule has 3 aromatic rings. The lowest BCUT2D eigenvalue weighted by Gasteiger charge is -2.09. The van der Waals surface area contributed by atoms with E-state index >= 15 is 0 Å². The molecular weight excluding hydrogens is 372 g/mol. The third-order valence-corrected chi connectivity index (χ3v) is 4.06. The average Bonchev–Trinajstić information content (AvgIpc) is 3.11. The number of anilines is 1. The minimum absolute atomic E-state index is 0.0674. The Hall–Kier alpha value is -2.82. The van der Waals surface area contributed by atoms with E-state index in [1.165, 1.54) is 23.0 Å². The van der Waals surface area contributed by atoms with E-state index in [9.17, 15) is 17.6 Å². The summed E-state index contributed by atoms with van der Waals surface area (Å²) >= 11 is 0.847. The van der Waals surface area contributed by atoms with Crippen molar-refractivity contribution < 1.29 is 17.6 Å². The summed E-state index contributed by atoms with van der Waals surface area (Å²) in [4.78, 5) is 8.00. The van der Waals surface area contributed by atoms with Crippen molar-refractivity contribution in [3.05, 3.63) is 45.8 Å². The second kappa shape index (κ2) is 6.83. The summed E-state index contributed by atoms with van der Waals surface area (Å²) in [6.07, 6.45) is -1.81. The number of thiophene rings is 1. The van der Waals surface area contributed by atoms with Gasteiger partial charge in [0.05, 0.1) is 22.5 Å². The Balaban J connectivity index is 1.95. The molecule has 0 unspecified atom stereocenters. The molecule has 0 spiro atoms. The van der Waals surface area contributed by atoms with Gasteiger partial charge in [-0.05, 0) is 25.1 Å². The van der Waals surface area contributed by atoms with Crippen LogP contribution in [-0.2, 0) is 13.2 Å². The second-order valence-electron chi connectivity index (χ2n) is 5.27. The van der Waals surface area contributed by atoms with Gasteiger partial charge in [0.15, 0.2) is 10.8 Å². The van der Waals surface area contributed by atoms with Crippen LogP contribution in [0.25, 0.3) is 11.3 Å². The van der Waals surface area contributed by atoms with Crippen molar-refractivity contribution in [2.24, 2.45) is 12.1 Å². The summed E-state index contributed by atoms with van der Waals surface area (Å²) in [5, 5.41) is 7.48. The maximum absolute atomic E-state index is 13.1. The Morgan fingerprint density at radius 2 is 2.04 bits per heavy atom. The van der Waals surface area contributed by atoms with Gasteiger partial charge in [-0.3, -0.25) is 4.68 Å². The molecule has 0 radical (unpaired) electrons. The fourth-order valence-corrected chi connectivity index (χ4v) is 2.79. The normalized spacial score (nSPS) is 12.1. The van der Waals surface area contributed by atoms with E-state index in [2.05, 4.69) is 25.6 Å². The predicted octanol–water partition coefficient (Wildman–Crippen LogP) is 3.85. The molecule has 3 heterocycles. The first-order valence-electron chi connectivity index (χ1n) is 7.23. The monoisotopic (exact) mass is 384 g/mol. The fourth-order valence-electron chi connectivity index (χ4n) is 2.18. The molecule has 136 valence electrons. The second-order valence-corrected chi connectivity index (χ2v) is 6.34. The number of aryl methyl sites for hydroxylation is 2. The van der Waals surface area contributed by atoms with Crippen LogP contribution in [-0.4, -0.2) is 26.0 Å². The van der Waals surface area contributed by atoms with Crippen LogP contribution in [0.2, 0.25) is 0 Å². The number of halogens is 4. The zero-order valence-electron chi connectivity index (χ0n) is 13.5. The lowest BCUT2D eigenvalue weighted by atomic mass is 10.1. The molecule has 0 saturated heterocycles. The topological polar surface area (TPSA) is 68.0 Å². The van der Waals surface area contributed by atoms with E-state index in [0.29, 0.717) is 16.1 Å². The number of hydrogen-bond acceptors (Lipinski definition) is 6. The zero-order chi connectivity index (χ0) is 18.9. The van der Waals surface area contributed by atoms with E-state index in [0.717, 1.165) is 17.4 Å². The van der Waals surface area contributed by atoms with Gasteiger partial charge in [-0.2, -0.15) is 27.8 Å². The minimum Gasteiger partial charge on any atom is -0.275 e. The fraction of sp³-hybridized carbons (Fsp3) is 0.200. The Bertz CT molecular complexity index is 959. The van der Waals surface area contributed by atoms with Crippen molar-refractivity contribution >= 4 is 23.5 Å². The van der Waals surface area contributed by atoms with Gasteiger partial charge in [0.25, 0.3) is 0 Å². The molecule has 11 heteroatoms. The molecule has 1 N–H and O–H groups in total. The highest BCUT2D eigenvalue weighted by Gasteiger charge is 2.34. The first-order valence-corrected chi connectivity index (χ1v) is 8.05. The SMILES string of the molecule is Cc1nn(C)cc1-c1cc(C(F)(F)F)nc(NN=Cc2ccc(F)s2)n1. The number of nitrogens with one attached hydrogen (secondary N) is 1. The summed E-state index contributed by atoms with van der Waals surface area (Å²) < 4.78 is 53.8. The molecule has 0 bridgehead atoms. The standard InChI is InChI=1S/C15H12F4N6S/c1-8-10(7-25(2)24-8)11-5-12(15(17,18)19)22-14(21-11)23-20-6-9-3-4-13(16)26-9/h3-7H,1-2H3,(H,21,22,23). The summed E-state index contributed by atoms with van der Waals surface area (Å²) in [7, 11) is 1.66. The number of nitrogens with zero attached hydrogens (tertiary/aromatic N) is 5. The molecule has 0 atom stereocenters. The molecule has 26 heavy (non-hydrogen) atoms. The van der Waals surface area contributed by atoms with Gasteiger partial charge in [0.2, 0.25) is 5.95 Å². The van der Waals surface area contributed by atoms with E-state index in [-0.39, 0.29) is 11.6 Å². The van der Waals surface area contributed by atoms with E-state index < -0.39 is 17.0 Å². The van der Waals surface area contributed by atoms with Crippen LogP contribution < -0.4 is 5.43 Å². The third kappa shape index (κ3) is 4.04. The summed E-state index contributed by atoms with van der Waals surface area (Å²) in [6, 6.07) is 3.60. The molecule has 6 nitrogen and oxygen atoms in total. The Morgan fingerprint density at radius 1 is 1.27 bits per heavy atom. The van der Waals surface area contributed by atoms with Crippen molar-refractivity contribution in [1.82, 2.24) is 19.7 Å². The Labute approximate surface area is 149 Å². The smallest absolute Gasteiger partial charge is 0.275 e. The zero-order valence-corrected chi connectivity index (χ0v) is 14.4. The molecule has 3 rings (SSSR count). The highest BCUT2D eigenvalue weighted by Crippen LogP contribution is 2.31. The molecule has 0 fully saturated rings. The van der Waals surface area contributed by atoms with Crippen LogP contribution in [0.5, 0.6) is 0 Å². The Kier molecular flexibility index (Phi) is 4.72. The van der Waals surface area contributed by atoms with Crippen LogP contribution in [0.4, 0.5) is 23.5 Å². The number of hydrogen-bond donors (Lipinski definition) is 1. The molecule has 0 aliphatic carbocycles. The van der Waals surface area contributed by atoms with Crippen molar-refractivity contribution in [2.75, 3.05) is 5.43 Å². The first-order chi connectivity index (χ1) is 12.2. The number of aromatic nitrogens is 4. The van der Waals surface area contributed by atoms with Crippen LogP contribution in [0, 0.1) is 12.1 Å². The highest BCUT2D eigenvalue weighted by atomic mass is 32.1. The first kappa shape index (κ1) is 18.0. The molecule has 0 aliphatic rings. The lowest BCUT2D eigenvalue weighted by Crippen LogP contribution is -2.11.